The van der Waals surface area contributed by atoms with Crippen molar-refractivity contribution in [3.8, 4) is 0 Å². The lowest BCUT2D eigenvalue weighted by molar-refractivity contribution is -0.142. The molecule has 6 N–H and O–H groups in total. The van der Waals surface area contributed by atoms with Crippen LogP contribution in [0.4, 0.5) is 28.8 Å². The first kappa shape index (κ1) is 75.7. The first-order chi connectivity index (χ1) is 38.4. The van der Waals surface area contributed by atoms with E-state index in [0.717, 1.165) is 6.42 Å². The van der Waals surface area contributed by atoms with Gasteiger partial charge in [-0.05, 0) is 33.1 Å². The monoisotopic (exact) mass is 1160 g/mol. The van der Waals surface area contributed by atoms with Crippen LogP contribution >= 0.6 is 0 Å². The van der Waals surface area contributed by atoms with Crippen LogP contribution < -0.4 is 31.9 Å². The van der Waals surface area contributed by atoms with Gasteiger partial charge in [0.15, 0.2) is 0 Å². The van der Waals surface area contributed by atoms with Gasteiger partial charge in [-0.15, -0.1) is 0 Å². The molecule has 0 bridgehead atoms. The molecule has 0 radical (unpaired) electrons. The van der Waals surface area contributed by atoms with Gasteiger partial charge >= 0.3 is 48.5 Å². The number of ether oxygens (including phenoxy) is 12. The molecule has 0 atom stereocenters. The zero-order valence-electron chi connectivity index (χ0n) is 48.1. The van der Waals surface area contributed by atoms with E-state index in [2.05, 4.69) is 31.9 Å². The lowest BCUT2D eigenvalue weighted by Gasteiger charge is -2.20. The number of hydrogen-bond donors (Lipinski definition) is 6. The minimum absolute atomic E-state index is 0.0378. The average Bonchev–Trinajstić information content (AvgIpc) is 3.39. The summed E-state index contributed by atoms with van der Waals surface area (Å²) in [6, 6.07) is 0. The molecule has 6 amide bonds. The van der Waals surface area contributed by atoms with Crippen molar-refractivity contribution in [2.75, 3.05) is 178 Å². The van der Waals surface area contributed by atoms with E-state index in [-0.39, 0.29) is 110 Å². The average molecular weight is 1160 g/mol. The molecule has 0 saturated carbocycles. The molecule has 0 heterocycles. The summed E-state index contributed by atoms with van der Waals surface area (Å²) in [5.74, 6) is -0.900. The Bertz CT molecular complexity index is 1680. The van der Waals surface area contributed by atoms with Crippen LogP contribution in [0, 0.1) is 0 Å². The van der Waals surface area contributed by atoms with E-state index >= 15 is 0 Å². The smallest absolute Gasteiger partial charge is 0.407 e. The fourth-order valence-electron chi connectivity index (χ4n) is 5.85. The van der Waals surface area contributed by atoms with E-state index in [1.165, 1.54) is 27.7 Å². The largest absolute Gasteiger partial charge is 0.465 e. The molecule has 0 aliphatic rings. The minimum Gasteiger partial charge on any atom is -0.465 e. The highest BCUT2D eigenvalue weighted by Crippen LogP contribution is 2.04. The summed E-state index contributed by atoms with van der Waals surface area (Å²) < 4.78 is 61.6. The molecule has 0 aliphatic heterocycles. The number of ketones is 2. The Hall–Kier alpha value is -6.34. The highest BCUT2D eigenvalue weighted by atomic mass is 16.6. The fourth-order valence-corrected chi connectivity index (χ4v) is 5.85. The number of amides is 6. The molecule has 30 nitrogen and oxygen atoms in total. The second kappa shape index (κ2) is 54.6. The summed E-state index contributed by atoms with van der Waals surface area (Å²) in [5.41, 5.74) is 0. The summed E-state index contributed by atoms with van der Waals surface area (Å²) >= 11 is 0. The van der Waals surface area contributed by atoms with Gasteiger partial charge in [0, 0.05) is 92.1 Å². The Morgan fingerprint density at radius 3 is 0.863 bits per heavy atom. The zero-order chi connectivity index (χ0) is 59.9. The number of alkyl carbamates (subject to hydrolysis) is 6. The molecule has 0 aromatic heterocycles. The zero-order valence-corrected chi connectivity index (χ0v) is 48.1. The van der Waals surface area contributed by atoms with Crippen molar-refractivity contribution in [2.45, 2.75) is 86.7 Å². The lowest BCUT2D eigenvalue weighted by atomic mass is 10.2. The van der Waals surface area contributed by atoms with Crippen molar-refractivity contribution in [2.24, 2.45) is 0 Å². The van der Waals surface area contributed by atoms with Crippen molar-refractivity contribution < 1.29 is 105 Å². The predicted molar refractivity (Wildman–Crippen MR) is 286 cm³/mol. The van der Waals surface area contributed by atoms with Crippen molar-refractivity contribution in [1.82, 2.24) is 41.7 Å². The van der Waals surface area contributed by atoms with E-state index in [4.69, 9.17) is 56.8 Å². The van der Waals surface area contributed by atoms with Crippen LogP contribution in [-0.4, -0.2) is 254 Å². The fraction of sp³-hybridized carbons (Fsp3) is 0.800. The number of hydrogen-bond acceptors (Lipinski definition) is 24. The highest BCUT2D eigenvalue weighted by Gasteiger charge is 2.17. The third-order valence-corrected chi connectivity index (χ3v) is 9.46. The molecule has 464 valence electrons. The molecule has 0 aliphatic carbocycles. The quantitative estimate of drug-likeness (QED) is 0.0287. The lowest BCUT2D eigenvalue weighted by Crippen LogP contribution is -2.36. The van der Waals surface area contributed by atoms with Gasteiger partial charge in [-0.3, -0.25) is 29.0 Å². The number of carbonyl (C=O) groups is 10. The van der Waals surface area contributed by atoms with Gasteiger partial charge in [0.05, 0.1) is 85.8 Å². The third kappa shape index (κ3) is 56.4. The molecule has 0 aromatic carbocycles. The van der Waals surface area contributed by atoms with E-state index in [1.807, 2.05) is 20.8 Å². The van der Waals surface area contributed by atoms with Crippen LogP contribution in [0.5, 0.6) is 0 Å². The van der Waals surface area contributed by atoms with Crippen LogP contribution in [0.2, 0.25) is 0 Å². The van der Waals surface area contributed by atoms with Crippen molar-refractivity contribution in [3.63, 3.8) is 0 Å². The van der Waals surface area contributed by atoms with E-state index in [1.54, 1.807) is 9.80 Å². The van der Waals surface area contributed by atoms with Crippen LogP contribution in [0.1, 0.15) is 80.6 Å². The summed E-state index contributed by atoms with van der Waals surface area (Å²) in [6.45, 7) is 18.0. The predicted octanol–water partition coefficient (Wildman–Crippen LogP) is 1.68. The molecule has 0 rings (SSSR count). The maximum absolute atomic E-state index is 12.3. The number of esters is 2. The first-order valence-electron chi connectivity index (χ1n) is 26.9. The van der Waals surface area contributed by atoms with Gasteiger partial charge in [0.2, 0.25) is 0 Å². The minimum atomic E-state index is -0.673. The topological polar surface area (TPSA) is 360 Å². The van der Waals surface area contributed by atoms with Gasteiger partial charge in [-0.1, -0.05) is 20.8 Å². The second-order valence-corrected chi connectivity index (χ2v) is 16.9. The van der Waals surface area contributed by atoms with Gasteiger partial charge < -0.3 is 88.7 Å². The van der Waals surface area contributed by atoms with Crippen LogP contribution in [0.25, 0.3) is 0 Å². The van der Waals surface area contributed by atoms with Gasteiger partial charge in [-0.25, -0.2) is 28.8 Å². The Morgan fingerprint density at radius 1 is 0.325 bits per heavy atom. The van der Waals surface area contributed by atoms with Crippen molar-refractivity contribution in [1.29, 1.82) is 0 Å². The molecule has 80 heavy (non-hydrogen) atoms. The Kier molecular flexibility index (Phi) is 51.7. The van der Waals surface area contributed by atoms with Gasteiger partial charge in [0.1, 0.15) is 44.1 Å². The summed E-state index contributed by atoms with van der Waals surface area (Å²) in [7, 11) is 0. The number of nitrogens with one attached hydrogen (secondary N) is 6. The number of Topliss-reactive ketones (excluding diaryl/α,β-unsaturated/α-hetero) is 2. The first-order valence-corrected chi connectivity index (χ1v) is 26.9. The normalized spacial score (nSPS) is 10.6. The molecular formula is C50H92N8O22. The maximum atomic E-state index is 12.3. The van der Waals surface area contributed by atoms with Crippen LogP contribution in [0.15, 0.2) is 0 Å². The van der Waals surface area contributed by atoms with Crippen LogP contribution in [-0.2, 0) is 76.0 Å². The van der Waals surface area contributed by atoms with E-state index in [9.17, 15) is 47.9 Å². The second-order valence-electron chi connectivity index (χ2n) is 16.9. The van der Waals surface area contributed by atoms with Gasteiger partial charge in [0.25, 0.3) is 0 Å². The number of nitrogens with zero attached hydrogens (tertiary/aromatic N) is 2. The molecule has 0 fully saturated rings. The van der Waals surface area contributed by atoms with Gasteiger partial charge in [-0.2, -0.15) is 0 Å². The number of rotatable bonds is 47. The van der Waals surface area contributed by atoms with Crippen LogP contribution in [0.3, 0.4) is 0 Å². The number of carbonyl (C=O) groups excluding carboxylic acids is 10. The standard InChI is InChI=1S/C30H55N5O13.C20H37N3O9/c1-5-15-45-27(38)31-9-7-26(8-10-32-28(39)46-16-6-2)48-30(41)34-12-18-43-22-21-42-17-11-33-29(40)47-20-14-35(23-24(3)36)13-19-44-25(4)37;1-4-9-31-19(26)21-5-10-28-14-15-29-11-6-22-20(27)32-13-8-23(16-17(2)24)7-12-30-18(3)25/h26H,5-23H2,1-4H3,(H,31,38)(H,32,39)(H,33,40)(H,34,41);4-16H2,1-3H3,(H,21,26)(H,22,27). The SMILES string of the molecule is CCCOC(=O)NCCC(CCNC(=O)OCCC)OC(=O)NCCOCCOCCNC(=O)OCCN(CCOC(C)=O)CC(C)=O.CCCOC(=O)NCCOCCOCCNC(=O)OCCN(CCOC(C)=O)CC(C)=O. The van der Waals surface area contributed by atoms with Crippen molar-refractivity contribution in [3.05, 3.63) is 0 Å². The molecule has 0 unspecified atom stereocenters. The Morgan fingerprint density at radius 2 is 0.588 bits per heavy atom. The molecule has 30 heteroatoms. The molecular weight excluding hydrogens is 1060 g/mol. The maximum Gasteiger partial charge on any atom is 0.407 e. The third-order valence-electron chi connectivity index (χ3n) is 9.46. The molecule has 0 saturated heterocycles. The van der Waals surface area contributed by atoms with Crippen molar-refractivity contribution >= 4 is 60.1 Å². The van der Waals surface area contributed by atoms with E-state index in [0.29, 0.717) is 105 Å². The molecule has 0 aromatic rings. The Labute approximate surface area is 469 Å². The highest BCUT2D eigenvalue weighted by molar-refractivity contribution is 5.78. The Balaban J connectivity index is 0. The molecule has 0 spiro atoms. The van der Waals surface area contributed by atoms with E-state index < -0.39 is 54.6 Å². The summed E-state index contributed by atoms with van der Waals surface area (Å²) in [5, 5.41) is 15.4. The summed E-state index contributed by atoms with van der Waals surface area (Å²) in [4.78, 5) is 118. The summed E-state index contributed by atoms with van der Waals surface area (Å²) in [6.07, 6.45) is -1.29.